The molecule has 0 aromatic heterocycles. The second-order valence-electron chi connectivity index (χ2n) is 6.02. The van der Waals surface area contributed by atoms with Crippen LogP contribution >= 0.6 is 0 Å². The highest BCUT2D eigenvalue weighted by atomic mass is 16.4. The summed E-state index contributed by atoms with van der Waals surface area (Å²) in [7, 11) is 0. The normalized spacial score (nSPS) is 19.9. The summed E-state index contributed by atoms with van der Waals surface area (Å²) in [6.07, 6.45) is 6.18. The Hall–Kier alpha value is -1.10. The zero-order valence-corrected chi connectivity index (χ0v) is 12.4. The first kappa shape index (κ1) is 17.0. The van der Waals surface area contributed by atoms with E-state index in [0.717, 1.165) is 25.7 Å². The first-order valence-corrected chi connectivity index (χ1v) is 7.64. The van der Waals surface area contributed by atoms with E-state index < -0.39 is 11.4 Å². The molecule has 116 valence electrons. The number of carboxylic acids is 1. The fourth-order valence-electron chi connectivity index (χ4n) is 2.87. The van der Waals surface area contributed by atoms with Gasteiger partial charge in [-0.1, -0.05) is 25.7 Å². The van der Waals surface area contributed by atoms with Gasteiger partial charge in [0.2, 0.25) is 5.91 Å². The summed E-state index contributed by atoms with van der Waals surface area (Å²) >= 11 is 0. The molecule has 0 heterocycles. The van der Waals surface area contributed by atoms with Gasteiger partial charge in [0.15, 0.2) is 0 Å². The molecule has 0 radical (unpaired) electrons. The minimum atomic E-state index is -0.870. The van der Waals surface area contributed by atoms with Gasteiger partial charge in [0, 0.05) is 13.0 Å². The van der Waals surface area contributed by atoms with Crippen LogP contribution in [0.3, 0.4) is 0 Å². The second kappa shape index (κ2) is 8.25. The Bertz CT molecular complexity index is 320. The average Bonchev–Trinajstić information content (AvgIpc) is 2.61. The first-order chi connectivity index (χ1) is 9.46. The number of amides is 1. The predicted octanol–water partition coefficient (Wildman–Crippen LogP) is 2.08. The van der Waals surface area contributed by atoms with Gasteiger partial charge in [-0.25, -0.2) is 0 Å². The standard InChI is InChI=1S/C15H27NO4/c1-12(17)7-6-10-16-13(18)11-15(14(19)20)8-4-2-3-5-9-15/h12,17H,2-11H2,1H3,(H,16,18)(H,19,20). The molecule has 0 aromatic carbocycles. The first-order valence-electron chi connectivity index (χ1n) is 7.64. The number of carbonyl (C=O) groups is 2. The molecule has 1 rings (SSSR count). The highest BCUT2D eigenvalue weighted by Gasteiger charge is 2.40. The van der Waals surface area contributed by atoms with Crippen LogP contribution < -0.4 is 5.32 Å². The van der Waals surface area contributed by atoms with E-state index in [0.29, 0.717) is 32.2 Å². The highest BCUT2D eigenvalue weighted by Crippen LogP contribution is 2.38. The highest BCUT2D eigenvalue weighted by molar-refractivity contribution is 5.85. The lowest BCUT2D eigenvalue weighted by molar-refractivity contribution is -0.152. The topological polar surface area (TPSA) is 86.6 Å². The van der Waals surface area contributed by atoms with Gasteiger partial charge in [-0.05, 0) is 32.6 Å². The van der Waals surface area contributed by atoms with Gasteiger partial charge in [0.1, 0.15) is 0 Å². The van der Waals surface area contributed by atoms with Gasteiger partial charge in [0.05, 0.1) is 11.5 Å². The van der Waals surface area contributed by atoms with Crippen molar-refractivity contribution in [3.63, 3.8) is 0 Å². The number of hydrogen-bond donors (Lipinski definition) is 3. The minimum Gasteiger partial charge on any atom is -0.481 e. The second-order valence-corrected chi connectivity index (χ2v) is 6.02. The Morgan fingerprint density at radius 3 is 2.30 bits per heavy atom. The van der Waals surface area contributed by atoms with Crippen LogP contribution in [0, 0.1) is 5.41 Å². The van der Waals surface area contributed by atoms with Gasteiger partial charge in [-0.2, -0.15) is 0 Å². The van der Waals surface area contributed by atoms with Gasteiger partial charge in [0.25, 0.3) is 0 Å². The maximum Gasteiger partial charge on any atom is 0.310 e. The molecule has 0 aliphatic heterocycles. The Morgan fingerprint density at radius 1 is 1.20 bits per heavy atom. The number of aliphatic hydroxyl groups is 1. The lowest BCUT2D eigenvalue weighted by Gasteiger charge is -2.27. The van der Waals surface area contributed by atoms with Crippen molar-refractivity contribution in [3.05, 3.63) is 0 Å². The minimum absolute atomic E-state index is 0.0804. The molecule has 1 aliphatic carbocycles. The van der Waals surface area contributed by atoms with Gasteiger partial charge >= 0.3 is 5.97 Å². The molecule has 3 N–H and O–H groups in total. The molecule has 1 amide bonds. The van der Waals surface area contributed by atoms with E-state index in [2.05, 4.69) is 5.32 Å². The lowest BCUT2D eigenvalue weighted by atomic mass is 9.77. The van der Waals surface area contributed by atoms with Crippen LogP contribution in [0.2, 0.25) is 0 Å². The van der Waals surface area contributed by atoms with Crippen molar-refractivity contribution in [2.45, 2.75) is 70.8 Å². The fraction of sp³-hybridized carbons (Fsp3) is 0.867. The van der Waals surface area contributed by atoms with Crippen LogP contribution in [0.5, 0.6) is 0 Å². The van der Waals surface area contributed by atoms with Crippen molar-refractivity contribution in [2.24, 2.45) is 5.41 Å². The Kier molecular flexibility index (Phi) is 6.99. The number of aliphatic hydroxyl groups excluding tert-OH is 1. The molecule has 1 aliphatic rings. The van der Waals surface area contributed by atoms with Crippen LogP contribution in [0.25, 0.3) is 0 Å². The Morgan fingerprint density at radius 2 is 1.80 bits per heavy atom. The molecule has 0 saturated heterocycles. The monoisotopic (exact) mass is 285 g/mol. The molecular weight excluding hydrogens is 258 g/mol. The van der Waals surface area contributed by atoms with Crippen LogP contribution in [0.15, 0.2) is 0 Å². The van der Waals surface area contributed by atoms with E-state index in [1.165, 1.54) is 0 Å². The zero-order valence-electron chi connectivity index (χ0n) is 12.4. The molecule has 5 nitrogen and oxygen atoms in total. The molecule has 0 bridgehead atoms. The molecule has 0 spiro atoms. The van der Waals surface area contributed by atoms with Crippen molar-refractivity contribution >= 4 is 11.9 Å². The summed E-state index contributed by atoms with van der Waals surface area (Å²) in [6.45, 7) is 2.21. The van der Waals surface area contributed by atoms with Crippen molar-refractivity contribution in [1.82, 2.24) is 5.32 Å². The molecule has 1 atom stereocenters. The number of carboxylic acid groups (broad SMARTS) is 1. The van der Waals surface area contributed by atoms with Gasteiger partial charge in [-0.3, -0.25) is 9.59 Å². The van der Waals surface area contributed by atoms with Crippen LogP contribution in [-0.2, 0) is 9.59 Å². The van der Waals surface area contributed by atoms with E-state index >= 15 is 0 Å². The predicted molar refractivity (Wildman–Crippen MR) is 76.3 cm³/mol. The molecule has 0 aromatic rings. The average molecular weight is 285 g/mol. The van der Waals surface area contributed by atoms with Gasteiger partial charge < -0.3 is 15.5 Å². The number of aliphatic carboxylic acids is 1. The quantitative estimate of drug-likeness (QED) is 0.494. The van der Waals surface area contributed by atoms with E-state index in [-0.39, 0.29) is 18.4 Å². The van der Waals surface area contributed by atoms with E-state index in [4.69, 9.17) is 5.11 Å². The van der Waals surface area contributed by atoms with Crippen molar-refractivity contribution in [3.8, 4) is 0 Å². The Labute approximate surface area is 120 Å². The third-order valence-corrected chi connectivity index (χ3v) is 4.13. The lowest BCUT2D eigenvalue weighted by Crippen LogP contribution is -2.37. The summed E-state index contributed by atoms with van der Waals surface area (Å²) in [5.74, 6) is -1.02. The number of nitrogens with one attached hydrogen (secondary N) is 1. The summed E-state index contributed by atoms with van der Waals surface area (Å²) in [4.78, 5) is 23.5. The zero-order chi connectivity index (χ0) is 15.0. The van der Waals surface area contributed by atoms with E-state index in [1.807, 2.05) is 0 Å². The molecule has 20 heavy (non-hydrogen) atoms. The van der Waals surface area contributed by atoms with Crippen molar-refractivity contribution < 1.29 is 19.8 Å². The Balaban J connectivity index is 2.44. The molecule has 1 unspecified atom stereocenters. The SMILES string of the molecule is CC(O)CCCNC(=O)CC1(C(=O)O)CCCCCC1. The van der Waals surface area contributed by atoms with Crippen molar-refractivity contribution in [1.29, 1.82) is 0 Å². The number of hydrogen-bond acceptors (Lipinski definition) is 3. The summed E-state index contributed by atoms with van der Waals surface area (Å²) in [5, 5.41) is 21.4. The maximum atomic E-state index is 11.9. The van der Waals surface area contributed by atoms with Crippen molar-refractivity contribution in [2.75, 3.05) is 6.54 Å². The smallest absolute Gasteiger partial charge is 0.310 e. The third kappa shape index (κ3) is 5.49. The molecule has 1 fully saturated rings. The third-order valence-electron chi connectivity index (χ3n) is 4.13. The van der Waals surface area contributed by atoms with Crippen LogP contribution in [0.4, 0.5) is 0 Å². The molecule has 5 heteroatoms. The summed E-state index contributed by atoms with van der Waals surface area (Å²) in [6, 6.07) is 0. The number of carbonyl (C=O) groups excluding carboxylic acids is 1. The maximum absolute atomic E-state index is 11.9. The number of rotatable bonds is 7. The van der Waals surface area contributed by atoms with Crippen LogP contribution in [0.1, 0.15) is 64.7 Å². The van der Waals surface area contributed by atoms with Crippen LogP contribution in [-0.4, -0.2) is 34.7 Å². The van der Waals surface area contributed by atoms with E-state index in [1.54, 1.807) is 6.92 Å². The summed E-state index contributed by atoms with van der Waals surface area (Å²) < 4.78 is 0. The molecule has 1 saturated carbocycles. The largest absolute Gasteiger partial charge is 0.481 e. The van der Waals surface area contributed by atoms with Gasteiger partial charge in [-0.15, -0.1) is 0 Å². The fourth-order valence-corrected chi connectivity index (χ4v) is 2.87. The van der Waals surface area contributed by atoms with E-state index in [9.17, 15) is 14.7 Å². The summed E-state index contributed by atoms with van der Waals surface area (Å²) in [5.41, 5.74) is -0.870. The molecular formula is C15H27NO4.